The molecule has 0 atom stereocenters. The molecule has 0 saturated carbocycles. The number of carboxylic acids is 2. The van der Waals surface area contributed by atoms with Crippen molar-refractivity contribution < 1.29 is 123 Å². The fourth-order valence-corrected chi connectivity index (χ4v) is 11.2. The molecule has 4 aromatic heterocycles. The molecule has 0 unspecified atom stereocenters. The Kier molecular flexibility index (Phi) is 27.6. The van der Waals surface area contributed by atoms with Crippen LogP contribution in [0.25, 0.3) is 5.69 Å². The first-order chi connectivity index (χ1) is 42.0. The van der Waals surface area contributed by atoms with Crippen molar-refractivity contribution in [2.75, 3.05) is 54.4 Å². The number of sulfonamides is 3. The smallest absolute Gasteiger partial charge is 0.388 e. The molecule has 0 aliphatic heterocycles. The number of hydrogen-bond acceptors (Lipinski definition) is 25. The number of halogens is 8. The Bertz CT molecular complexity index is 4170. The van der Waals surface area contributed by atoms with Gasteiger partial charge in [0.1, 0.15) is 15.6 Å². The molecular formula is C42H45Cl2F6N14O22PS4. The number of nitrogens with zero attached hydrogens (tertiary/aromatic N) is 8. The number of carboxylic acid groups (broad SMARTS) is 2. The van der Waals surface area contributed by atoms with E-state index in [1.165, 1.54) is 63.1 Å². The van der Waals surface area contributed by atoms with Gasteiger partial charge in [0.05, 0.1) is 78.2 Å². The van der Waals surface area contributed by atoms with Crippen molar-refractivity contribution in [3.63, 3.8) is 0 Å². The van der Waals surface area contributed by atoms with Gasteiger partial charge in [-0.3, -0.25) is 30.0 Å². The van der Waals surface area contributed by atoms with E-state index in [-0.39, 0.29) is 55.3 Å². The molecule has 91 heavy (non-hydrogen) atoms. The number of alkyl halides is 6. The highest BCUT2D eigenvalue weighted by molar-refractivity contribution is 7.94. The Labute approximate surface area is 517 Å². The van der Waals surface area contributed by atoms with Gasteiger partial charge < -0.3 is 38.9 Å². The van der Waals surface area contributed by atoms with Crippen molar-refractivity contribution in [2.45, 2.75) is 48.4 Å². The molecule has 0 radical (unpaired) electrons. The van der Waals surface area contributed by atoms with E-state index < -0.39 is 148 Å². The lowest BCUT2D eigenvalue weighted by Gasteiger charge is -2.11. The van der Waals surface area contributed by atoms with Crippen LogP contribution in [0.5, 0.6) is 23.5 Å². The summed E-state index contributed by atoms with van der Waals surface area (Å²) < 4.78 is 205. The molecular weight excluding hydrogens is 1400 g/mol. The number of nitrogens with one attached hydrogen (secondary N) is 6. The highest BCUT2D eigenvalue weighted by Gasteiger charge is 2.30. The van der Waals surface area contributed by atoms with Gasteiger partial charge in [-0.25, -0.2) is 63.4 Å². The van der Waals surface area contributed by atoms with E-state index in [9.17, 15) is 88.6 Å². The number of anilines is 3. The zero-order chi connectivity index (χ0) is 69.1. The standard InChI is InChI=1S/C14H10F4N4O7S.C14H17N5O7S2.C11H10Cl2F2N4O3S.C3H8NO5P/c15-11(16)28-8-5-9(29-12(17)18)20-13(19-8)21-14(25)22-30(26,27)7-4-2-1-3-6(7)10(23)24;1-4-27(21,22)9-6-5-7-15-12(9)28(23,24)19-14(20)18-13-16-10(25-2)8-11(17-13)26-3;1-5-16-19(11(20)18(5)10(14)15)9-4-8(17-23(2,21)22)6(12)3-7(9)13;5-3(6)1-4-2-10(7,8)9/h1-5,11-12H,(H,23,24)(H2,19,20,21,22,25);5-8H,4H2,1-3H3,(H2,16,17,18,19,20);3-4,10,17H,1-2H3;4H,1-2H2,(H,5,6)(H2,7,8,9). The van der Waals surface area contributed by atoms with Crippen molar-refractivity contribution in [3.8, 4) is 29.2 Å². The van der Waals surface area contributed by atoms with Crippen LogP contribution in [0.2, 0.25) is 10.0 Å². The maximum Gasteiger partial charge on any atom is 0.388 e. The van der Waals surface area contributed by atoms with Crippen LogP contribution >= 0.6 is 30.8 Å². The quantitative estimate of drug-likeness (QED) is 0.0325. The van der Waals surface area contributed by atoms with Crippen molar-refractivity contribution in [2.24, 2.45) is 0 Å². The molecule has 49 heteroatoms. The number of methoxy groups -OCH3 is 2. The van der Waals surface area contributed by atoms with Crippen molar-refractivity contribution in [1.82, 2.24) is 54.0 Å². The first kappa shape index (κ1) is 76.5. The van der Waals surface area contributed by atoms with Crippen LogP contribution in [0.3, 0.4) is 0 Å². The number of amides is 4. The van der Waals surface area contributed by atoms with Gasteiger partial charge in [0.15, 0.2) is 14.9 Å². The number of ether oxygens (including phenoxy) is 4. The number of aromatic carboxylic acids is 1. The van der Waals surface area contributed by atoms with Gasteiger partial charge >= 0.3 is 57.1 Å². The molecule has 0 bridgehead atoms. The van der Waals surface area contributed by atoms with E-state index in [4.69, 9.17) is 52.7 Å². The van der Waals surface area contributed by atoms with Gasteiger partial charge in [0, 0.05) is 6.20 Å². The Morgan fingerprint density at radius 2 is 1.21 bits per heavy atom. The number of urea groups is 2. The average Bonchev–Trinajstić information content (AvgIpc) is 1.82. The first-order valence-electron chi connectivity index (χ1n) is 23.4. The summed E-state index contributed by atoms with van der Waals surface area (Å²) in [6, 6.07) is 8.01. The van der Waals surface area contributed by atoms with Crippen LogP contribution in [0.15, 0.2) is 86.5 Å². The number of hydrogen-bond donors (Lipinski definition) is 10. The monoisotopic (exact) mass is 1440 g/mol. The average molecular weight is 1440 g/mol. The summed E-state index contributed by atoms with van der Waals surface area (Å²) in [5.41, 5.74) is -1.92. The molecule has 6 rings (SSSR count). The molecule has 36 nitrogen and oxygen atoms in total. The fraction of sp³-hybridized carbons (Fsp3) is 0.262. The number of aryl methyl sites for hydroxylation is 1. The third-order valence-corrected chi connectivity index (χ3v) is 16.0. The molecule has 500 valence electrons. The molecule has 0 saturated heterocycles. The number of carbonyl (C=O) groups is 4. The van der Waals surface area contributed by atoms with Gasteiger partial charge in [-0.1, -0.05) is 42.3 Å². The highest BCUT2D eigenvalue weighted by Crippen LogP contribution is 2.33. The predicted octanol–water partition coefficient (Wildman–Crippen LogP) is 3.29. The largest absolute Gasteiger partial charge is 0.481 e. The van der Waals surface area contributed by atoms with Gasteiger partial charge in [-0.15, -0.1) is 5.10 Å². The van der Waals surface area contributed by atoms with Crippen LogP contribution in [-0.2, 0) is 49.3 Å². The van der Waals surface area contributed by atoms with Gasteiger partial charge in [0.25, 0.3) is 20.0 Å². The molecule has 2 aromatic carbocycles. The Hall–Kier alpha value is -8.76. The summed E-state index contributed by atoms with van der Waals surface area (Å²) in [7, 11) is -18.3. The lowest BCUT2D eigenvalue weighted by Crippen LogP contribution is -2.36. The fourth-order valence-electron chi connectivity index (χ4n) is 6.03. The molecule has 6 aromatic rings. The number of pyridine rings is 1. The molecule has 4 amide bonds. The summed E-state index contributed by atoms with van der Waals surface area (Å²) in [4.78, 5) is 89.8. The van der Waals surface area contributed by atoms with Crippen molar-refractivity contribution in [3.05, 3.63) is 98.8 Å². The number of rotatable bonds is 23. The minimum absolute atomic E-state index is 0.0257. The van der Waals surface area contributed by atoms with E-state index in [0.717, 1.165) is 36.7 Å². The van der Waals surface area contributed by atoms with E-state index in [1.54, 1.807) is 10.0 Å². The Morgan fingerprint density at radius 1 is 0.714 bits per heavy atom. The molecule has 0 spiro atoms. The summed E-state index contributed by atoms with van der Waals surface area (Å²) >= 11 is 11.8. The minimum Gasteiger partial charge on any atom is -0.481 e. The molecule has 0 fully saturated rings. The number of aromatic nitrogens is 8. The number of sulfone groups is 1. The number of aliphatic carboxylic acids is 1. The zero-order valence-electron chi connectivity index (χ0n) is 46.0. The van der Waals surface area contributed by atoms with Crippen LogP contribution in [0, 0.1) is 6.92 Å². The van der Waals surface area contributed by atoms with Gasteiger partial charge in [0.2, 0.25) is 45.4 Å². The SMILES string of the molecule is CCS(=O)(=O)c1cccnc1S(=O)(=O)NC(=O)Nc1nc(OC)cc(OC)n1.Cc1nn(-c2cc(NS(C)(=O)=O)c(Cl)cc2Cl)c(=O)n1C(F)F.O=C(Nc1nc(OC(F)F)cc(OC(F)F)n1)NS(=O)(=O)c1ccccc1C(=O)O.O=C(O)CNCP(=O)(O)O. The molecule has 0 aliphatic rings. The second-order valence-corrected chi connectivity index (χ2v) is 25.9. The van der Waals surface area contributed by atoms with Gasteiger partial charge in [-0.05, 0) is 43.3 Å². The second-order valence-electron chi connectivity index (χ2n) is 16.2. The second kappa shape index (κ2) is 32.8. The van der Waals surface area contributed by atoms with Gasteiger partial charge in [-0.2, -0.15) is 59.4 Å². The van der Waals surface area contributed by atoms with Crippen LogP contribution in [-0.4, -0.2) is 169 Å². The van der Waals surface area contributed by atoms with E-state index in [1.807, 2.05) is 0 Å². The normalized spacial score (nSPS) is 11.5. The summed E-state index contributed by atoms with van der Waals surface area (Å²) in [5.74, 6) is -6.35. The first-order valence-corrected chi connectivity index (χ1v) is 32.4. The molecule has 4 heterocycles. The maximum absolute atomic E-state index is 12.8. The third-order valence-electron chi connectivity index (χ3n) is 9.54. The van der Waals surface area contributed by atoms with E-state index in [2.05, 4.69) is 54.8 Å². The van der Waals surface area contributed by atoms with Crippen LogP contribution in [0.4, 0.5) is 53.5 Å². The highest BCUT2D eigenvalue weighted by atomic mass is 35.5. The Morgan fingerprint density at radius 3 is 1.66 bits per heavy atom. The summed E-state index contributed by atoms with van der Waals surface area (Å²) in [6.45, 7) is -7.75. The van der Waals surface area contributed by atoms with E-state index >= 15 is 0 Å². The minimum atomic E-state index is -4.71. The molecule has 0 aliphatic carbocycles. The zero-order valence-corrected chi connectivity index (χ0v) is 51.7. The summed E-state index contributed by atoms with van der Waals surface area (Å²) in [6.07, 6.45) is 1.40. The Balaban J connectivity index is 0.000000333. The van der Waals surface area contributed by atoms with Crippen molar-refractivity contribution in [1.29, 1.82) is 0 Å². The number of benzene rings is 2. The lowest BCUT2D eigenvalue weighted by atomic mass is 10.2. The van der Waals surface area contributed by atoms with Crippen molar-refractivity contribution >= 4 is 112 Å². The topological polar surface area (TPSA) is 516 Å². The number of carbonyl (C=O) groups excluding carboxylic acids is 2. The lowest BCUT2D eigenvalue weighted by molar-refractivity contribution is -0.135. The molecule has 10 N–H and O–H groups in total. The van der Waals surface area contributed by atoms with E-state index in [0.29, 0.717) is 10.7 Å². The van der Waals surface area contributed by atoms with Crippen LogP contribution in [0.1, 0.15) is 29.7 Å². The summed E-state index contributed by atoms with van der Waals surface area (Å²) in [5, 5.41) is 25.7. The third kappa shape index (κ3) is 24.5. The van der Waals surface area contributed by atoms with Crippen LogP contribution < -0.4 is 54.8 Å². The maximum atomic E-state index is 12.8. The predicted molar refractivity (Wildman–Crippen MR) is 299 cm³/mol.